The van der Waals surface area contributed by atoms with Crippen molar-refractivity contribution in [3.05, 3.63) is 77.9 Å². The summed E-state index contributed by atoms with van der Waals surface area (Å²) in [5.41, 5.74) is 3.89. The Labute approximate surface area is 97.3 Å². The maximum atomic E-state index is 2.27. The minimum Gasteiger partial charge on any atom is -0.0807 e. The van der Waals surface area contributed by atoms with E-state index in [1.54, 1.807) is 0 Å². The van der Waals surface area contributed by atoms with Crippen molar-refractivity contribution >= 4 is 5.57 Å². The molecule has 0 spiro atoms. The standard InChI is InChI=1S/C16H16/c1-2-16(15-12-8-5-9-13-15)14-10-6-3-4-7-11-14/h2-6,8-13H,7H2,1H3/b16-2+. The molecule has 1 aliphatic carbocycles. The van der Waals surface area contributed by atoms with E-state index < -0.39 is 0 Å². The molecule has 1 aliphatic rings. The Morgan fingerprint density at radius 3 is 2.69 bits per heavy atom. The predicted molar refractivity (Wildman–Crippen MR) is 71.1 cm³/mol. The normalized spacial score (nSPS) is 15.8. The summed E-state index contributed by atoms with van der Waals surface area (Å²) in [6.07, 6.45) is 14.0. The molecule has 0 fully saturated rings. The molecule has 0 heteroatoms. The Hall–Kier alpha value is -1.82. The molecule has 1 aromatic rings. The minimum absolute atomic E-state index is 1.01. The summed E-state index contributed by atoms with van der Waals surface area (Å²) in [6.45, 7) is 2.09. The van der Waals surface area contributed by atoms with E-state index >= 15 is 0 Å². The van der Waals surface area contributed by atoms with Crippen molar-refractivity contribution in [3.63, 3.8) is 0 Å². The molecule has 0 bridgehead atoms. The Morgan fingerprint density at radius 1 is 1.12 bits per heavy atom. The van der Waals surface area contributed by atoms with E-state index in [0.717, 1.165) is 6.42 Å². The molecule has 0 aromatic heterocycles. The average molecular weight is 208 g/mol. The van der Waals surface area contributed by atoms with Crippen molar-refractivity contribution in [1.29, 1.82) is 0 Å². The Balaban J connectivity index is 2.35. The highest BCUT2D eigenvalue weighted by Gasteiger charge is 2.03. The van der Waals surface area contributed by atoms with Gasteiger partial charge in [0.15, 0.2) is 0 Å². The summed E-state index contributed by atoms with van der Waals surface area (Å²) >= 11 is 0. The molecule has 0 heterocycles. The van der Waals surface area contributed by atoms with Crippen LogP contribution >= 0.6 is 0 Å². The van der Waals surface area contributed by atoms with Gasteiger partial charge in [0.1, 0.15) is 0 Å². The van der Waals surface area contributed by atoms with E-state index in [0.29, 0.717) is 0 Å². The van der Waals surface area contributed by atoms with Crippen LogP contribution in [0, 0.1) is 0 Å². The molecule has 1 aromatic carbocycles. The highest BCUT2D eigenvalue weighted by molar-refractivity contribution is 5.81. The molecule has 0 nitrogen and oxygen atoms in total. The molecular weight excluding hydrogens is 192 g/mol. The summed E-state index contributed by atoms with van der Waals surface area (Å²) < 4.78 is 0. The zero-order valence-corrected chi connectivity index (χ0v) is 9.56. The molecule has 0 N–H and O–H groups in total. The molecule has 80 valence electrons. The van der Waals surface area contributed by atoms with Gasteiger partial charge >= 0.3 is 0 Å². The van der Waals surface area contributed by atoms with Gasteiger partial charge in [0.05, 0.1) is 0 Å². The quantitative estimate of drug-likeness (QED) is 0.669. The van der Waals surface area contributed by atoms with E-state index in [2.05, 4.69) is 73.7 Å². The monoisotopic (exact) mass is 208 g/mol. The van der Waals surface area contributed by atoms with Crippen molar-refractivity contribution in [2.24, 2.45) is 0 Å². The Bertz CT molecular complexity index is 456. The third kappa shape index (κ3) is 2.40. The summed E-state index contributed by atoms with van der Waals surface area (Å²) in [6, 6.07) is 10.5. The van der Waals surface area contributed by atoms with Crippen molar-refractivity contribution in [3.8, 4) is 0 Å². The third-order valence-corrected chi connectivity index (χ3v) is 2.68. The first kappa shape index (κ1) is 10.7. The Morgan fingerprint density at radius 2 is 1.94 bits per heavy atom. The molecule has 0 unspecified atom stereocenters. The lowest BCUT2D eigenvalue weighted by Crippen LogP contribution is -1.87. The number of rotatable bonds is 2. The van der Waals surface area contributed by atoms with Crippen LogP contribution in [0.15, 0.2) is 72.4 Å². The third-order valence-electron chi connectivity index (χ3n) is 2.68. The van der Waals surface area contributed by atoms with Gasteiger partial charge in [-0.3, -0.25) is 0 Å². The molecule has 0 saturated heterocycles. The van der Waals surface area contributed by atoms with Gasteiger partial charge in [0, 0.05) is 0 Å². The summed E-state index contributed by atoms with van der Waals surface area (Å²) in [4.78, 5) is 0. The van der Waals surface area contributed by atoms with Crippen molar-refractivity contribution in [1.82, 2.24) is 0 Å². The number of allylic oxidation sites excluding steroid dienone is 8. The van der Waals surface area contributed by atoms with Crippen LogP contribution in [-0.2, 0) is 0 Å². The zero-order valence-electron chi connectivity index (χ0n) is 9.56. The maximum absolute atomic E-state index is 2.27. The van der Waals surface area contributed by atoms with Gasteiger partial charge in [-0.15, -0.1) is 0 Å². The fraction of sp³-hybridized carbons (Fsp3) is 0.125. The molecule has 16 heavy (non-hydrogen) atoms. The van der Waals surface area contributed by atoms with Gasteiger partial charge in [-0.05, 0) is 30.1 Å². The smallest absolute Gasteiger partial charge is 0.0157 e. The van der Waals surface area contributed by atoms with Gasteiger partial charge in [0.25, 0.3) is 0 Å². The molecule has 0 saturated carbocycles. The molecule has 0 amide bonds. The SMILES string of the molecule is C/C=C(\C1=CCC=CC=C1)c1ccccc1. The second-order valence-electron chi connectivity index (χ2n) is 3.75. The van der Waals surface area contributed by atoms with E-state index in [4.69, 9.17) is 0 Å². The number of hydrogen-bond acceptors (Lipinski definition) is 0. The largest absolute Gasteiger partial charge is 0.0807 e. The zero-order chi connectivity index (χ0) is 11.2. The van der Waals surface area contributed by atoms with Crippen LogP contribution in [0.1, 0.15) is 18.9 Å². The first-order valence-electron chi connectivity index (χ1n) is 5.67. The van der Waals surface area contributed by atoms with Crippen LogP contribution in [-0.4, -0.2) is 0 Å². The highest BCUT2D eigenvalue weighted by atomic mass is 14.1. The molecule has 0 radical (unpaired) electrons. The van der Waals surface area contributed by atoms with Crippen LogP contribution in [0.2, 0.25) is 0 Å². The lowest BCUT2D eigenvalue weighted by atomic mass is 9.97. The number of benzene rings is 1. The summed E-state index contributed by atoms with van der Waals surface area (Å²) in [5, 5.41) is 0. The van der Waals surface area contributed by atoms with Crippen LogP contribution < -0.4 is 0 Å². The lowest BCUT2D eigenvalue weighted by Gasteiger charge is -2.08. The Kier molecular flexibility index (Phi) is 3.55. The van der Waals surface area contributed by atoms with E-state index in [9.17, 15) is 0 Å². The van der Waals surface area contributed by atoms with Crippen LogP contribution in [0.25, 0.3) is 5.57 Å². The topological polar surface area (TPSA) is 0 Å². The molecule has 0 atom stereocenters. The van der Waals surface area contributed by atoms with Crippen molar-refractivity contribution in [2.45, 2.75) is 13.3 Å². The number of hydrogen-bond donors (Lipinski definition) is 0. The van der Waals surface area contributed by atoms with Crippen molar-refractivity contribution < 1.29 is 0 Å². The van der Waals surface area contributed by atoms with Crippen LogP contribution in [0.4, 0.5) is 0 Å². The fourth-order valence-electron chi connectivity index (χ4n) is 1.90. The highest BCUT2D eigenvalue weighted by Crippen LogP contribution is 2.25. The van der Waals surface area contributed by atoms with Gasteiger partial charge in [-0.25, -0.2) is 0 Å². The molecule has 2 rings (SSSR count). The van der Waals surface area contributed by atoms with Crippen LogP contribution in [0.3, 0.4) is 0 Å². The fourth-order valence-corrected chi connectivity index (χ4v) is 1.90. The first-order valence-corrected chi connectivity index (χ1v) is 5.67. The van der Waals surface area contributed by atoms with Gasteiger partial charge in [-0.1, -0.05) is 66.8 Å². The van der Waals surface area contributed by atoms with Gasteiger partial charge in [0.2, 0.25) is 0 Å². The van der Waals surface area contributed by atoms with E-state index in [1.807, 2.05) is 0 Å². The van der Waals surface area contributed by atoms with Gasteiger partial charge < -0.3 is 0 Å². The second-order valence-corrected chi connectivity index (χ2v) is 3.75. The van der Waals surface area contributed by atoms with E-state index in [1.165, 1.54) is 16.7 Å². The maximum Gasteiger partial charge on any atom is -0.0157 e. The lowest BCUT2D eigenvalue weighted by molar-refractivity contribution is 1.38. The van der Waals surface area contributed by atoms with Crippen LogP contribution in [0.5, 0.6) is 0 Å². The van der Waals surface area contributed by atoms with Crippen molar-refractivity contribution in [2.75, 3.05) is 0 Å². The molecule has 0 aliphatic heterocycles. The summed E-state index contributed by atoms with van der Waals surface area (Å²) in [5.74, 6) is 0. The first-order chi connectivity index (χ1) is 7.92. The molecular formula is C16H16. The summed E-state index contributed by atoms with van der Waals surface area (Å²) in [7, 11) is 0. The predicted octanol–water partition coefficient (Wildman–Crippen LogP) is 4.53. The second kappa shape index (κ2) is 5.32. The van der Waals surface area contributed by atoms with Gasteiger partial charge in [-0.2, -0.15) is 0 Å². The minimum atomic E-state index is 1.01. The average Bonchev–Trinajstić information content (AvgIpc) is 2.61. The van der Waals surface area contributed by atoms with E-state index in [-0.39, 0.29) is 0 Å².